The van der Waals surface area contributed by atoms with Gasteiger partial charge in [0, 0.05) is 19.2 Å². The van der Waals surface area contributed by atoms with Gasteiger partial charge < -0.3 is 15.1 Å². The standard InChI is InChI=1S/C30H24FNO4/c31-26-14-8-23(9-15-26)20-32(29(34)17-10-21-4-2-1-3-5-21)19-22-6-11-24(12-7-22)25-13-16-28(33)27(18-25)30(35)36/h1-18,33H,19-20H2,(H,35,36)/b17-10+. The van der Waals surface area contributed by atoms with Gasteiger partial charge in [-0.2, -0.15) is 0 Å². The first kappa shape index (κ1) is 24.4. The second kappa shape index (κ2) is 11.1. The molecule has 1 amide bonds. The summed E-state index contributed by atoms with van der Waals surface area (Å²) in [5, 5.41) is 19.0. The fourth-order valence-electron chi connectivity index (χ4n) is 3.77. The van der Waals surface area contributed by atoms with Gasteiger partial charge in [-0.25, -0.2) is 9.18 Å². The second-order valence-electron chi connectivity index (χ2n) is 8.30. The van der Waals surface area contributed by atoms with E-state index >= 15 is 0 Å². The molecule has 0 fully saturated rings. The summed E-state index contributed by atoms with van der Waals surface area (Å²) in [7, 11) is 0. The van der Waals surface area contributed by atoms with Gasteiger partial charge in [0.25, 0.3) is 0 Å². The predicted molar refractivity (Wildman–Crippen MR) is 137 cm³/mol. The third-order valence-electron chi connectivity index (χ3n) is 5.70. The molecule has 0 spiro atoms. The Morgan fingerprint density at radius 3 is 1.97 bits per heavy atom. The largest absolute Gasteiger partial charge is 0.507 e. The fraction of sp³-hybridized carbons (Fsp3) is 0.0667. The van der Waals surface area contributed by atoms with Crippen molar-refractivity contribution in [1.29, 1.82) is 0 Å². The molecule has 4 aromatic carbocycles. The minimum Gasteiger partial charge on any atom is -0.507 e. The summed E-state index contributed by atoms with van der Waals surface area (Å²) >= 11 is 0. The van der Waals surface area contributed by atoms with Gasteiger partial charge >= 0.3 is 5.97 Å². The van der Waals surface area contributed by atoms with Gasteiger partial charge in [0.1, 0.15) is 17.1 Å². The number of rotatable bonds is 8. The first-order valence-electron chi connectivity index (χ1n) is 11.3. The maximum atomic E-state index is 13.4. The van der Waals surface area contributed by atoms with Gasteiger partial charge in [0.2, 0.25) is 5.91 Å². The molecule has 4 aromatic rings. The number of halogens is 1. The van der Waals surface area contributed by atoms with Crippen molar-refractivity contribution < 1.29 is 24.2 Å². The molecule has 0 aliphatic carbocycles. The molecule has 0 radical (unpaired) electrons. The Morgan fingerprint density at radius 2 is 1.36 bits per heavy atom. The quantitative estimate of drug-likeness (QED) is 0.297. The monoisotopic (exact) mass is 481 g/mol. The zero-order chi connectivity index (χ0) is 25.5. The number of carboxylic acid groups (broad SMARTS) is 1. The highest BCUT2D eigenvalue weighted by Gasteiger charge is 2.14. The van der Waals surface area contributed by atoms with Crippen LogP contribution in [0.15, 0.2) is 103 Å². The number of carboxylic acids is 1. The summed E-state index contributed by atoms with van der Waals surface area (Å²) in [5.74, 6) is -2.01. The number of carbonyl (C=O) groups is 2. The Morgan fingerprint density at radius 1 is 0.778 bits per heavy atom. The Balaban J connectivity index is 1.55. The molecule has 4 rings (SSSR count). The number of aromatic hydroxyl groups is 1. The van der Waals surface area contributed by atoms with Gasteiger partial charge in [0.05, 0.1) is 0 Å². The summed E-state index contributed by atoms with van der Waals surface area (Å²) in [6, 6.07) is 27.4. The minimum absolute atomic E-state index is 0.169. The van der Waals surface area contributed by atoms with Crippen LogP contribution in [0.25, 0.3) is 17.2 Å². The normalized spacial score (nSPS) is 10.9. The van der Waals surface area contributed by atoms with E-state index in [0.717, 1.165) is 22.3 Å². The molecule has 36 heavy (non-hydrogen) atoms. The van der Waals surface area contributed by atoms with Crippen LogP contribution in [0.1, 0.15) is 27.0 Å². The first-order chi connectivity index (χ1) is 17.4. The number of benzene rings is 4. The van der Waals surface area contributed by atoms with Crippen molar-refractivity contribution in [3.05, 3.63) is 131 Å². The van der Waals surface area contributed by atoms with Crippen LogP contribution >= 0.6 is 0 Å². The van der Waals surface area contributed by atoms with Gasteiger partial charge in [-0.3, -0.25) is 4.79 Å². The van der Waals surface area contributed by atoms with Crippen LogP contribution in [-0.2, 0) is 17.9 Å². The summed E-state index contributed by atoms with van der Waals surface area (Å²) in [5.41, 5.74) is 3.85. The Labute approximate surface area is 208 Å². The highest BCUT2D eigenvalue weighted by molar-refractivity contribution is 5.93. The fourth-order valence-corrected chi connectivity index (χ4v) is 3.77. The maximum absolute atomic E-state index is 13.4. The summed E-state index contributed by atoms with van der Waals surface area (Å²) in [6.45, 7) is 0.630. The van der Waals surface area contributed by atoms with Crippen molar-refractivity contribution in [2.75, 3.05) is 0 Å². The number of nitrogens with zero attached hydrogens (tertiary/aromatic N) is 1. The lowest BCUT2D eigenvalue weighted by Gasteiger charge is -2.22. The smallest absolute Gasteiger partial charge is 0.339 e. The maximum Gasteiger partial charge on any atom is 0.339 e. The number of carbonyl (C=O) groups excluding carboxylic acids is 1. The van der Waals surface area contributed by atoms with E-state index in [-0.39, 0.29) is 23.0 Å². The topological polar surface area (TPSA) is 77.8 Å². The molecule has 0 saturated carbocycles. The van der Waals surface area contributed by atoms with Crippen LogP contribution in [-0.4, -0.2) is 27.0 Å². The van der Waals surface area contributed by atoms with Crippen molar-refractivity contribution in [3.63, 3.8) is 0 Å². The summed E-state index contributed by atoms with van der Waals surface area (Å²) < 4.78 is 13.4. The summed E-state index contributed by atoms with van der Waals surface area (Å²) in [4.78, 5) is 26.1. The highest BCUT2D eigenvalue weighted by Crippen LogP contribution is 2.26. The van der Waals surface area contributed by atoms with Crippen molar-refractivity contribution in [1.82, 2.24) is 4.90 Å². The van der Waals surface area contributed by atoms with Gasteiger partial charge in [-0.1, -0.05) is 72.8 Å². The third kappa shape index (κ3) is 6.24. The lowest BCUT2D eigenvalue weighted by atomic mass is 10.0. The van der Waals surface area contributed by atoms with Crippen LogP contribution in [0.5, 0.6) is 5.75 Å². The van der Waals surface area contributed by atoms with E-state index in [1.165, 1.54) is 30.3 Å². The molecule has 0 aromatic heterocycles. The molecular weight excluding hydrogens is 457 g/mol. The van der Waals surface area contributed by atoms with E-state index in [1.54, 1.807) is 29.2 Å². The van der Waals surface area contributed by atoms with Crippen LogP contribution in [0.2, 0.25) is 0 Å². The van der Waals surface area contributed by atoms with E-state index in [1.807, 2.05) is 54.6 Å². The van der Waals surface area contributed by atoms with Crippen molar-refractivity contribution >= 4 is 18.0 Å². The second-order valence-corrected chi connectivity index (χ2v) is 8.30. The zero-order valence-electron chi connectivity index (χ0n) is 19.3. The number of phenols is 1. The third-order valence-corrected chi connectivity index (χ3v) is 5.70. The van der Waals surface area contributed by atoms with Crippen LogP contribution < -0.4 is 0 Å². The molecule has 0 aliphatic heterocycles. The van der Waals surface area contributed by atoms with Crippen molar-refractivity contribution in [2.24, 2.45) is 0 Å². The number of amides is 1. The highest BCUT2D eigenvalue weighted by atomic mass is 19.1. The Hall–Kier alpha value is -4.71. The molecule has 0 bridgehead atoms. The average Bonchev–Trinajstić information content (AvgIpc) is 2.89. The minimum atomic E-state index is -1.20. The van der Waals surface area contributed by atoms with E-state index in [9.17, 15) is 24.2 Å². The molecule has 6 heteroatoms. The molecule has 0 unspecified atom stereocenters. The lowest BCUT2D eigenvalue weighted by molar-refractivity contribution is -0.127. The molecule has 0 atom stereocenters. The molecule has 0 aliphatic rings. The van der Waals surface area contributed by atoms with Crippen LogP contribution in [0.3, 0.4) is 0 Å². The number of hydrogen-bond donors (Lipinski definition) is 2. The van der Waals surface area contributed by atoms with E-state index in [2.05, 4.69) is 0 Å². The van der Waals surface area contributed by atoms with Crippen LogP contribution in [0, 0.1) is 5.82 Å². The molecular formula is C30H24FNO4. The van der Waals surface area contributed by atoms with Gasteiger partial charge in [-0.15, -0.1) is 0 Å². The molecule has 180 valence electrons. The average molecular weight is 482 g/mol. The SMILES string of the molecule is O=C(O)c1cc(-c2ccc(CN(Cc3ccc(F)cc3)C(=O)/C=C/c3ccccc3)cc2)ccc1O. The molecule has 0 heterocycles. The van der Waals surface area contributed by atoms with E-state index in [4.69, 9.17) is 0 Å². The van der Waals surface area contributed by atoms with E-state index in [0.29, 0.717) is 18.7 Å². The predicted octanol–water partition coefficient (Wildman–Crippen LogP) is 6.14. The molecule has 2 N–H and O–H groups in total. The van der Waals surface area contributed by atoms with Gasteiger partial charge in [-0.05, 0) is 58.2 Å². The first-order valence-corrected chi connectivity index (χ1v) is 11.3. The Kier molecular flexibility index (Phi) is 7.56. The summed E-state index contributed by atoms with van der Waals surface area (Å²) in [6.07, 6.45) is 3.28. The molecule has 0 saturated heterocycles. The Bertz CT molecular complexity index is 1380. The van der Waals surface area contributed by atoms with Crippen LogP contribution in [0.4, 0.5) is 4.39 Å². The zero-order valence-corrected chi connectivity index (χ0v) is 19.3. The number of hydrogen-bond acceptors (Lipinski definition) is 3. The van der Waals surface area contributed by atoms with Gasteiger partial charge in [0.15, 0.2) is 0 Å². The van der Waals surface area contributed by atoms with E-state index < -0.39 is 5.97 Å². The van der Waals surface area contributed by atoms with Crippen molar-refractivity contribution in [3.8, 4) is 16.9 Å². The molecule has 5 nitrogen and oxygen atoms in total. The number of aromatic carboxylic acids is 1. The van der Waals surface area contributed by atoms with Crippen molar-refractivity contribution in [2.45, 2.75) is 13.1 Å². The lowest BCUT2D eigenvalue weighted by Crippen LogP contribution is -2.28.